The number of nitrogens with one attached hydrogen (secondary N) is 1. The molecule has 0 fully saturated rings. The van der Waals surface area contributed by atoms with Crippen molar-refractivity contribution in [3.63, 3.8) is 0 Å². The highest BCUT2D eigenvalue weighted by Crippen LogP contribution is 2.35. The van der Waals surface area contributed by atoms with Crippen molar-refractivity contribution in [3.8, 4) is 17.1 Å². The van der Waals surface area contributed by atoms with Crippen molar-refractivity contribution in [3.05, 3.63) is 47.6 Å². The Morgan fingerprint density at radius 1 is 1.12 bits per heavy atom. The molecule has 0 saturated carbocycles. The van der Waals surface area contributed by atoms with Gasteiger partial charge in [-0.1, -0.05) is 0 Å². The van der Waals surface area contributed by atoms with Crippen LogP contribution in [-0.2, 0) is 6.18 Å². The number of alkyl halides is 3. The minimum absolute atomic E-state index is 0.0407. The van der Waals surface area contributed by atoms with Crippen molar-refractivity contribution in [1.82, 2.24) is 15.0 Å². The van der Waals surface area contributed by atoms with Crippen LogP contribution >= 0.6 is 11.3 Å². The van der Waals surface area contributed by atoms with Crippen LogP contribution in [0.3, 0.4) is 0 Å². The summed E-state index contributed by atoms with van der Waals surface area (Å²) in [5.41, 5.74) is 0.311. The van der Waals surface area contributed by atoms with Crippen LogP contribution in [0.4, 0.5) is 24.1 Å². The molecule has 0 aromatic carbocycles. The molecule has 0 bridgehead atoms. The molecule has 0 amide bonds. The first-order valence-electron chi connectivity index (χ1n) is 7.71. The van der Waals surface area contributed by atoms with Crippen molar-refractivity contribution < 1.29 is 17.9 Å². The van der Waals surface area contributed by atoms with E-state index in [9.17, 15) is 13.2 Å². The zero-order valence-corrected chi connectivity index (χ0v) is 14.7. The van der Waals surface area contributed by atoms with Crippen LogP contribution in [0.5, 0.6) is 5.75 Å². The largest absolute Gasteiger partial charge is 0.489 e. The molecular weight excluding hydrogens is 365 g/mol. The van der Waals surface area contributed by atoms with E-state index in [2.05, 4.69) is 20.3 Å². The average Bonchev–Trinajstić information content (AvgIpc) is 3.03. The van der Waals surface area contributed by atoms with E-state index < -0.39 is 11.7 Å². The van der Waals surface area contributed by atoms with Crippen LogP contribution in [0.2, 0.25) is 0 Å². The third-order valence-electron chi connectivity index (χ3n) is 3.21. The lowest BCUT2D eigenvalue weighted by molar-refractivity contribution is -0.137. The molecule has 1 N–H and O–H groups in total. The number of nitrogens with zero attached hydrogens (tertiary/aromatic N) is 3. The summed E-state index contributed by atoms with van der Waals surface area (Å²) in [4.78, 5) is 12.3. The predicted molar refractivity (Wildman–Crippen MR) is 93.6 cm³/mol. The Kier molecular flexibility index (Phi) is 5.08. The summed E-state index contributed by atoms with van der Waals surface area (Å²) in [6, 6.07) is 5.73. The number of pyridine rings is 2. The third-order valence-corrected chi connectivity index (χ3v) is 3.97. The third kappa shape index (κ3) is 4.29. The van der Waals surface area contributed by atoms with E-state index in [4.69, 9.17) is 4.74 Å². The van der Waals surface area contributed by atoms with Gasteiger partial charge in [0, 0.05) is 11.6 Å². The standard InChI is InChI=1S/C17H15F3N4OS/c1-10(2)25-11-5-6-13(22-8-11)14-9-26-16(23-14)24-15-12(17(18,19)20)4-3-7-21-15/h3-10H,1-2H3,(H,21,23,24). The maximum Gasteiger partial charge on any atom is 0.419 e. The molecule has 3 aromatic rings. The van der Waals surface area contributed by atoms with Gasteiger partial charge < -0.3 is 10.1 Å². The van der Waals surface area contributed by atoms with Gasteiger partial charge in [-0.2, -0.15) is 13.2 Å². The lowest BCUT2D eigenvalue weighted by atomic mass is 10.2. The van der Waals surface area contributed by atoms with Crippen LogP contribution < -0.4 is 10.1 Å². The first-order valence-corrected chi connectivity index (χ1v) is 8.59. The normalized spacial score (nSPS) is 11.6. The molecule has 0 unspecified atom stereocenters. The van der Waals surface area contributed by atoms with Gasteiger partial charge in [-0.25, -0.2) is 9.97 Å². The fourth-order valence-corrected chi connectivity index (χ4v) is 2.86. The molecule has 0 aliphatic rings. The van der Waals surface area contributed by atoms with Crippen LogP contribution in [0.1, 0.15) is 19.4 Å². The fraction of sp³-hybridized carbons (Fsp3) is 0.235. The first-order chi connectivity index (χ1) is 12.3. The highest BCUT2D eigenvalue weighted by Gasteiger charge is 2.34. The van der Waals surface area contributed by atoms with E-state index in [1.807, 2.05) is 13.8 Å². The zero-order chi connectivity index (χ0) is 18.7. The summed E-state index contributed by atoms with van der Waals surface area (Å²) < 4.78 is 44.6. The van der Waals surface area contributed by atoms with Crippen molar-refractivity contribution in [2.75, 3.05) is 5.32 Å². The molecule has 136 valence electrons. The molecule has 26 heavy (non-hydrogen) atoms. The van der Waals surface area contributed by atoms with Crippen molar-refractivity contribution in [2.24, 2.45) is 0 Å². The van der Waals surface area contributed by atoms with Crippen molar-refractivity contribution in [1.29, 1.82) is 0 Å². The molecule has 0 atom stereocenters. The summed E-state index contributed by atoms with van der Waals surface area (Å²) in [6.45, 7) is 3.83. The molecule has 0 aliphatic carbocycles. The van der Waals surface area contributed by atoms with Crippen LogP contribution in [-0.4, -0.2) is 21.1 Å². The SMILES string of the molecule is CC(C)Oc1ccc(-c2csc(Nc3ncccc3C(F)(F)F)n2)nc1. The second kappa shape index (κ2) is 7.28. The number of anilines is 2. The van der Waals surface area contributed by atoms with E-state index in [0.717, 1.165) is 6.07 Å². The molecule has 5 nitrogen and oxygen atoms in total. The van der Waals surface area contributed by atoms with E-state index in [0.29, 0.717) is 22.3 Å². The Morgan fingerprint density at radius 2 is 1.92 bits per heavy atom. The Labute approximate surface area is 151 Å². The second-order valence-electron chi connectivity index (χ2n) is 5.61. The molecule has 3 rings (SSSR count). The number of hydrogen-bond acceptors (Lipinski definition) is 6. The maximum absolute atomic E-state index is 13.0. The molecule has 0 saturated heterocycles. The monoisotopic (exact) mass is 380 g/mol. The molecule has 9 heteroatoms. The number of rotatable bonds is 5. The Morgan fingerprint density at radius 3 is 2.58 bits per heavy atom. The van der Waals surface area contributed by atoms with Crippen LogP contribution in [0.15, 0.2) is 42.0 Å². The van der Waals surface area contributed by atoms with Gasteiger partial charge in [0.05, 0.1) is 23.6 Å². The highest BCUT2D eigenvalue weighted by molar-refractivity contribution is 7.14. The first kappa shape index (κ1) is 18.1. The quantitative estimate of drug-likeness (QED) is 0.663. The smallest absolute Gasteiger partial charge is 0.419 e. The van der Waals surface area contributed by atoms with Gasteiger partial charge in [-0.3, -0.25) is 4.98 Å². The molecule has 3 heterocycles. The molecule has 0 radical (unpaired) electrons. The van der Waals surface area contributed by atoms with Gasteiger partial charge >= 0.3 is 6.18 Å². The van der Waals surface area contributed by atoms with E-state index >= 15 is 0 Å². The number of thiazole rings is 1. The van der Waals surface area contributed by atoms with Gasteiger partial charge in [0.15, 0.2) is 5.13 Å². The summed E-state index contributed by atoms with van der Waals surface area (Å²) in [5.74, 6) is 0.357. The predicted octanol–water partition coefficient (Wildman–Crippen LogP) is 5.15. The van der Waals surface area contributed by atoms with Gasteiger partial charge in [-0.15, -0.1) is 11.3 Å². The fourth-order valence-electron chi connectivity index (χ4n) is 2.16. The van der Waals surface area contributed by atoms with Gasteiger partial charge in [0.25, 0.3) is 0 Å². The van der Waals surface area contributed by atoms with Gasteiger partial charge in [-0.05, 0) is 38.1 Å². The van der Waals surface area contributed by atoms with Crippen LogP contribution in [0.25, 0.3) is 11.4 Å². The van der Waals surface area contributed by atoms with Gasteiger partial charge in [0.2, 0.25) is 0 Å². The zero-order valence-electron chi connectivity index (χ0n) is 13.9. The van der Waals surface area contributed by atoms with Crippen molar-refractivity contribution >= 4 is 22.3 Å². The minimum Gasteiger partial charge on any atom is -0.489 e. The Balaban J connectivity index is 1.79. The maximum atomic E-state index is 13.0. The topological polar surface area (TPSA) is 59.9 Å². The highest BCUT2D eigenvalue weighted by atomic mass is 32.1. The summed E-state index contributed by atoms with van der Waals surface area (Å²) in [7, 11) is 0. The summed E-state index contributed by atoms with van der Waals surface area (Å²) in [5, 5.41) is 4.64. The second-order valence-corrected chi connectivity index (χ2v) is 6.46. The number of hydrogen-bond donors (Lipinski definition) is 1. The summed E-state index contributed by atoms with van der Waals surface area (Å²) >= 11 is 1.17. The number of ether oxygens (including phenoxy) is 1. The number of aromatic nitrogens is 3. The lowest BCUT2D eigenvalue weighted by Gasteiger charge is -2.11. The van der Waals surface area contributed by atoms with Gasteiger partial charge in [0.1, 0.15) is 17.3 Å². The Bertz CT molecular complexity index is 878. The van der Waals surface area contributed by atoms with Crippen molar-refractivity contribution in [2.45, 2.75) is 26.1 Å². The molecule has 0 spiro atoms. The Hall–Kier alpha value is -2.68. The summed E-state index contributed by atoms with van der Waals surface area (Å²) in [6.07, 6.45) is -1.58. The van der Waals surface area contributed by atoms with E-state index in [1.165, 1.54) is 23.6 Å². The van der Waals surface area contributed by atoms with Crippen LogP contribution in [0, 0.1) is 0 Å². The van der Waals surface area contributed by atoms with E-state index in [-0.39, 0.29) is 11.9 Å². The minimum atomic E-state index is -4.50. The lowest BCUT2D eigenvalue weighted by Crippen LogP contribution is -2.09. The average molecular weight is 380 g/mol. The molecular formula is C17H15F3N4OS. The molecule has 0 aliphatic heterocycles. The molecule has 3 aromatic heterocycles. The van der Waals surface area contributed by atoms with E-state index in [1.54, 1.807) is 23.7 Å². The number of halogens is 3.